The number of likely N-dealkylation sites (N-methyl/N-ethyl adjacent to an activating group) is 1. The number of ether oxygens (including phenoxy) is 1. The zero-order valence-electron chi connectivity index (χ0n) is 10.3. The summed E-state index contributed by atoms with van der Waals surface area (Å²) in [5.41, 5.74) is 6.73. The van der Waals surface area contributed by atoms with Crippen molar-refractivity contribution in [2.24, 2.45) is 0 Å². The molecule has 0 spiro atoms. The minimum atomic E-state index is 0.681. The molecular formula is C14H18N2O. The lowest BCUT2D eigenvalue weighted by molar-refractivity contribution is 0.263. The Morgan fingerprint density at radius 3 is 2.47 bits per heavy atom. The van der Waals surface area contributed by atoms with Gasteiger partial charge >= 0.3 is 0 Å². The molecule has 0 radical (unpaired) electrons. The van der Waals surface area contributed by atoms with Crippen LogP contribution in [-0.4, -0.2) is 32.1 Å². The normalized spacial score (nSPS) is 11.0. The van der Waals surface area contributed by atoms with Crippen LogP contribution in [0.4, 0.5) is 5.69 Å². The van der Waals surface area contributed by atoms with Crippen LogP contribution in [0.3, 0.4) is 0 Å². The van der Waals surface area contributed by atoms with Crippen LogP contribution in [0.1, 0.15) is 0 Å². The first kappa shape index (κ1) is 11.7. The van der Waals surface area contributed by atoms with E-state index in [1.807, 2.05) is 50.5 Å². The summed E-state index contributed by atoms with van der Waals surface area (Å²) in [5.74, 6) is 0.900. The van der Waals surface area contributed by atoms with Gasteiger partial charge in [0.25, 0.3) is 0 Å². The fourth-order valence-electron chi connectivity index (χ4n) is 1.76. The maximum atomic E-state index is 5.94. The molecule has 0 aliphatic carbocycles. The van der Waals surface area contributed by atoms with Crippen molar-refractivity contribution in [3.63, 3.8) is 0 Å². The average Bonchev–Trinajstić information content (AvgIpc) is 2.32. The van der Waals surface area contributed by atoms with E-state index in [2.05, 4.69) is 4.90 Å². The Hall–Kier alpha value is -1.74. The zero-order valence-corrected chi connectivity index (χ0v) is 10.3. The molecule has 0 amide bonds. The summed E-state index contributed by atoms with van der Waals surface area (Å²) >= 11 is 0. The lowest BCUT2D eigenvalue weighted by atomic mass is 10.1. The van der Waals surface area contributed by atoms with Gasteiger partial charge in [0.15, 0.2) is 0 Å². The van der Waals surface area contributed by atoms with Crippen LogP contribution in [0.2, 0.25) is 0 Å². The van der Waals surface area contributed by atoms with Gasteiger partial charge < -0.3 is 15.4 Å². The highest BCUT2D eigenvalue weighted by atomic mass is 16.5. The summed E-state index contributed by atoms with van der Waals surface area (Å²) in [6.07, 6.45) is 0. The van der Waals surface area contributed by atoms with Gasteiger partial charge in [-0.25, -0.2) is 0 Å². The number of hydrogen-bond acceptors (Lipinski definition) is 3. The molecule has 0 aromatic heterocycles. The molecule has 0 saturated carbocycles. The molecule has 0 aliphatic rings. The quantitative estimate of drug-likeness (QED) is 0.819. The van der Waals surface area contributed by atoms with Crippen LogP contribution < -0.4 is 10.5 Å². The van der Waals surface area contributed by atoms with Crippen molar-refractivity contribution >= 4 is 16.5 Å². The van der Waals surface area contributed by atoms with Gasteiger partial charge in [0.2, 0.25) is 0 Å². The summed E-state index contributed by atoms with van der Waals surface area (Å²) in [6.45, 7) is 1.58. The largest absolute Gasteiger partial charge is 0.492 e. The maximum absolute atomic E-state index is 5.94. The maximum Gasteiger partial charge on any atom is 0.127 e. The molecule has 2 rings (SSSR count). The first-order valence-corrected chi connectivity index (χ1v) is 5.73. The monoisotopic (exact) mass is 230 g/mol. The molecule has 2 aromatic rings. The van der Waals surface area contributed by atoms with E-state index in [9.17, 15) is 0 Å². The van der Waals surface area contributed by atoms with Gasteiger partial charge in [-0.05, 0) is 26.2 Å². The highest BCUT2D eigenvalue weighted by Gasteiger charge is 2.04. The summed E-state index contributed by atoms with van der Waals surface area (Å²) in [6, 6.07) is 11.9. The zero-order chi connectivity index (χ0) is 12.3. The number of hydrogen-bond donors (Lipinski definition) is 1. The first-order valence-electron chi connectivity index (χ1n) is 5.73. The van der Waals surface area contributed by atoms with E-state index < -0.39 is 0 Å². The minimum absolute atomic E-state index is 0.681. The second kappa shape index (κ2) is 5.06. The van der Waals surface area contributed by atoms with Crippen LogP contribution >= 0.6 is 0 Å². The molecule has 3 heteroatoms. The Bertz CT molecular complexity index is 509. The number of nitrogen functional groups attached to an aromatic ring is 1. The molecular weight excluding hydrogens is 212 g/mol. The number of anilines is 1. The third kappa shape index (κ3) is 2.68. The Balaban J connectivity index is 2.26. The molecule has 2 N–H and O–H groups in total. The van der Waals surface area contributed by atoms with Crippen molar-refractivity contribution in [2.75, 3.05) is 33.0 Å². The standard InChI is InChI=1S/C14H18N2O/c1-16(2)9-10-17-14-8-7-13(15)11-5-3-4-6-12(11)14/h3-8H,9-10,15H2,1-2H3. The van der Waals surface area contributed by atoms with Gasteiger partial charge in [0.1, 0.15) is 12.4 Å². The van der Waals surface area contributed by atoms with Crippen molar-refractivity contribution < 1.29 is 4.74 Å². The van der Waals surface area contributed by atoms with Crippen LogP contribution in [0.5, 0.6) is 5.75 Å². The van der Waals surface area contributed by atoms with Gasteiger partial charge in [-0.3, -0.25) is 0 Å². The lowest BCUT2D eigenvalue weighted by Crippen LogP contribution is -2.19. The van der Waals surface area contributed by atoms with Gasteiger partial charge in [0, 0.05) is 23.0 Å². The second-order valence-electron chi connectivity index (χ2n) is 4.35. The van der Waals surface area contributed by atoms with E-state index >= 15 is 0 Å². The van der Waals surface area contributed by atoms with Crippen molar-refractivity contribution in [3.8, 4) is 5.75 Å². The molecule has 0 saturated heterocycles. The van der Waals surface area contributed by atoms with E-state index in [-0.39, 0.29) is 0 Å². The van der Waals surface area contributed by atoms with Crippen molar-refractivity contribution in [2.45, 2.75) is 0 Å². The smallest absolute Gasteiger partial charge is 0.127 e. The topological polar surface area (TPSA) is 38.5 Å². The molecule has 0 aliphatic heterocycles. The number of nitrogens with zero attached hydrogens (tertiary/aromatic N) is 1. The predicted octanol–water partition coefficient (Wildman–Crippen LogP) is 2.36. The molecule has 0 atom stereocenters. The molecule has 0 heterocycles. The Kier molecular flexibility index (Phi) is 3.49. The van der Waals surface area contributed by atoms with E-state index in [1.54, 1.807) is 0 Å². The fourth-order valence-corrected chi connectivity index (χ4v) is 1.76. The highest BCUT2D eigenvalue weighted by molar-refractivity contribution is 5.96. The summed E-state index contributed by atoms with van der Waals surface area (Å²) in [4.78, 5) is 2.10. The first-order chi connectivity index (χ1) is 8.18. The number of benzene rings is 2. The van der Waals surface area contributed by atoms with Crippen molar-refractivity contribution in [3.05, 3.63) is 36.4 Å². The van der Waals surface area contributed by atoms with Crippen LogP contribution in [0.25, 0.3) is 10.8 Å². The Morgan fingerprint density at radius 2 is 1.76 bits per heavy atom. The Labute approximate surface area is 102 Å². The molecule has 0 bridgehead atoms. The SMILES string of the molecule is CN(C)CCOc1ccc(N)c2ccccc12. The summed E-state index contributed by atoms with van der Waals surface area (Å²) in [5, 5.41) is 2.13. The fraction of sp³-hybridized carbons (Fsp3) is 0.286. The summed E-state index contributed by atoms with van der Waals surface area (Å²) in [7, 11) is 4.06. The molecule has 17 heavy (non-hydrogen) atoms. The molecule has 90 valence electrons. The third-order valence-corrected chi connectivity index (χ3v) is 2.71. The lowest BCUT2D eigenvalue weighted by Gasteiger charge is -2.13. The van der Waals surface area contributed by atoms with E-state index in [0.29, 0.717) is 6.61 Å². The van der Waals surface area contributed by atoms with E-state index in [4.69, 9.17) is 10.5 Å². The predicted molar refractivity (Wildman–Crippen MR) is 72.4 cm³/mol. The van der Waals surface area contributed by atoms with Gasteiger partial charge in [0.05, 0.1) is 0 Å². The second-order valence-corrected chi connectivity index (χ2v) is 4.35. The van der Waals surface area contributed by atoms with Crippen molar-refractivity contribution in [1.29, 1.82) is 0 Å². The van der Waals surface area contributed by atoms with Crippen LogP contribution in [0, 0.1) is 0 Å². The van der Waals surface area contributed by atoms with E-state index in [0.717, 1.165) is 28.8 Å². The molecule has 0 unspecified atom stereocenters. The van der Waals surface area contributed by atoms with Crippen molar-refractivity contribution in [1.82, 2.24) is 4.90 Å². The molecule has 2 aromatic carbocycles. The molecule has 3 nitrogen and oxygen atoms in total. The van der Waals surface area contributed by atoms with Gasteiger partial charge in [-0.2, -0.15) is 0 Å². The average molecular weight is 230 g/mol. The Morgan fingerprint density at radius 1 is 1.06 bits per heavy atom. The van der Waals surface area contributed by atoms with Gasteiger partial charge in [-0.1, -0.05) is 24.3 Å². The van der Waals surface area contributed by atoms with Crippen LogP contribution in [-0.2, 0) is 0 Å². The number of nitrogens with two attached hydrogens (primary N) is 1. The molecule has 0 fully saturated rings. The number of fused-ring (bicyclic) bond motifs is 1. The van der Waals surface area contributed by atoms with E-state index in [1.165, 1.54) is 0 Å². The minimum Gasteiger partial charge on any atom is -0.492 e. The third-order valence-electron chi connectivity index (χ3n) is 2.71. The summed E-state index contributed by atoms with van der Waals surface area (Å²) < 4.78 is 5.79. The van der Waals surface area contributed by atoms with Crippen LogP contribution in [0.15, 0.2) is 36.4 Å². The highest BCUT2D eigenvalue weighted by Crippen LogP contribution is 2.29. The number of rotatable bonds is 4. The van der Waals surface area contributed by atoms with Gasteiger partial charge in [-0.15, -0.1) is 0 Å².